The zero-order chi connectivity index (χ0) is 23.0. The third-order valence-electron chi connectivity index (χ3n) is 6.14. The van der Waals surface area contributed by atoms with Gasteiger partial charge in [-0.2, -0.15) is 0 Å². The normalized spacial score (nSPS) is 12.6. The first-order valence-electron chi connectivity index (χ1n) is 11.6. The van der Waals surface area contributed by atoms with Gasteiger partial charge in [0.15, 0.2) is 0 Å². The van der Waals surface area contributed by atoms with E-state index in [0.29, 0.717) is 0 Å². The number of hydrogen-bond acceptors (Lipinski definition) is 4. The van der Waals surface area contributed by atoms with E-state index in [-0.39, 0.29) is 0 Å². The Hall–Kier alpha value is -1.07. The molecule has 0 atom stereocenters. The van der Waals surface area contributed by atoms with Gasteiger partial charge in [-0.15, -0.1) is 0 Å². The third-order valence-corrected chi connectivity index (χ3v) is 12.7. The molecular formula is C24H38CrO4Si2. The van der Waals surface area contributed by atoms with Gasteiger partial charge in [0.05, 0.1) is 0 Å². The maximum atomic E-state index is 12.6. The number of aryl methyl sites for hydroxylation is 2. The molecule has 0 unspecified atom stereocenters. The van der Waals surface area contributed by atoms with Gasteiger partial charge in [0.25, 0.3) is 0 Å². The Bertz CT molecular complexity index is 914. The van der Waals surface area contributed by atoms with Crippen molar-refractivity contribution >= 4 is 29.9 Å². The first kappa shape index (κ1) is 26.2. The van der Waals surface area contributed by atoms with Crippen LogP contribution in [0.1, 0.15) is 74.9 Å². The Morgan fingerprint density at radius 2 is 0.935 bits per heavy atom. The van der Waals surface area contributed by atoms with Crippen LogP contribution < -0.4 is 10.4 Å². The molecule has 0 fully saturated rings. The molecule has 7 heteroatoms. The van der Waals surface area contributed by atoms with Crippen LogP contribution in [-0.4, -0.2) is 19.5 Å². The van der Waals surface area contributed by atoms with Gasteiger partial charge in [0, 0.05) is 0 Å². The molecule has 0 aliphatic carbocycles. The van der Waals surface area contributed by atoms with E-state index < -0.39 is 33.1 Å². The molecular weight excluding hydrogens is 460 g/mol. The zero-order valence-corrected chi connectivity index (χ0v) is 24.1. The number of hydrogen-bond donors (Lipinski definition) is 0. The zero-order valence-electron chi connectivity index (χ0n) is 20.0. The minimum absolute atomic E-state index is 0.899. The molecule has 4 nitrogen and oxygen atoms in total. The summed E-state index contributed by atoms with van der Waals surface area (Å²) in [5, 5.41) is 2.18. The van der Waals surface area contributed by atoms with Crippen molar-refractivity contribution in [2.75, 3.05) is 0 Å². The summed E-state index contributed by atoms with van der Waals surface area (Å²) in [5.74, 6) is 0. The molecule has 0 saturated heterocycles. The second-order valence-corrected chi connectivity index (χ2v) is 13.8. The molecule has 0 bridgehead atoms. The van der Waals surface area contributed by atoms with Crippen LogP contribution in [0, 0.1) is 0 Å². The standard InChI is InChI=1S/2C12H19OSi.Cr.2O/c2*1-4-9-7-8-12(14-13)11(6-3)10(9)5-2;;;/h2*7-8H,4-6,14H2,1-3H3;;;/q2*-1;+2;;. The summed E-state index contributed by atoms with van der Waals surface area (Å²) in [6.45, 7) is 12.9. The van der Waals surface area contributed by atoms with Gasteiger partial charge < -0.3 is 0 Å². The minimum atomic E-state index is -4.82. The fourth-order valence-corrected chi connectivity index (χ4v) is 10.6. The van der Waals surface area contributed by atoms with Crippen molar-refractivity contribution in [3.05, 3.63) is 57.6 Å². The first-order chi connectivity index (χ1) is 14.8. The molecule has 0 N–H and O–H groups in total. The van der Waals surface area contributed by atoms with Crippen molar-refractivity contribution in [3.8, 4) is 0 Å². The van der Waals surface area contributed by atoms with Gasteiger partial charge in [0.1, 0.15) is 0 Å². The second-order valence-electron chi connectivity index (χ2n) is 7.74. The van der Waals surface area contributed by atoms with Crippen LogP contribution >= 0.6 is 0 Å². The van der Waals surface area contributed by atoms with E-state index in [1.807, 2.05) is 0 Å². The molecule has 172 valence electrons. The summed E-state index contributed by atoms with van der Waals surface area (Å²) >= 11 is -4.82. The van der Waals surface area contributed by atoms with Crippen molar-refractivity contribution in [1.82, 2.24) is 0 Å². The fourth-order valence-electron chi connectivity index (χ4n) is 4.58. The quantitative estimate of drug-likeness (QED) is 0.423. The van der Waals surface area contributed by atoms with Gasteiger partial charge in [-0.25, -0.2) is 0 Å². The molecule has 0 radical (unpaired) electrons. The van der Waals surface area contributed by atoms with Gasteiger partial charge >= 0.3 is 196 Å². The molecule has 2 aromatic carbocycles. The Kier molecular flexibility index (Phi) is 10.3. The maximum absolute atomic E-state index is 12.6. The van der Waals surface area contributed by atoms with E-state index in [4.69, 9.17) is 6.96 Å². The molecule has 0 aliphatic rings. The van der Waals surface area contributed by atoms with Crippen molar-refractivity contribution in [1.29, 1.82) is 0 Å². The predicted octanol–water partition coefficient (Wildman–Crippen LogP) is 2.89. The Morgan fingerprint density at radius 3 is 1.23 bits per heavy atom. The monoisotopic (exact) mass is 498 g/mol. The average molecular weight is 499 g/mol. The molecule has 2 aromatic rings. The van der Waals surface area contributed by atoms with Crippen LogP contribution in [0.15, 0.2) is 24.3 Å². The first-order valence-corrected chi connectivity index (χ1v) is 16.3. The predicted molar refractivity (Wildman–Crippen MR) is 129 cm³/mol. The second kappa shape index (κ2) is 12.2. The molecule has 0 aromatic heterocycles. The van der Waals surface area contributed by atoms with E-state index >= 15 is 0 Å². The Morgan fingerprint density at radius 1 is 0.581 bits per heavy atom. The van der Waals surface area contributed by atoms with Crippen LogP contribution in [0.5, 0.6) is 0 Å². The topological polar surface area (TPSA) is 52.6 Å². The fraction of sp³-hybridized carbons (Fsp3) is 0.500. The molecule has 0 amide bonds. The number of benzene rings is 2. The van der Waals surface area contributed by atoms with Crippen LogP contribution in [0.25, 0.3) is 0 Å². The molecule has 2 rings (SSSR count). The van der Waals surface area contributed by atoms with Crippen LogP contribution in [0.4, 0.5) is 0 Å². The molecule has 31 heavy (non-hydrogen) atoms. The molecule has 0 spiro atoms. The molecule has 0 aliphatic heterocycles. The Balaban J connectivity index is 2.16. The van der Waals surface area contributed by atoms with Gasteiger partial charge in [0.2, 0.25) is 0 Å². The van der Waals surface area contributed by atoms with E-state index in [1.54, 1.807) is 0 Å². The van der Waals surface area contributed by atoms with E-state index in [0.717, 1.165) is 48.9 Å². The summed E-state index contributed by atoms with van der Waals surface area (Å²) in [7, 11) is -2.81. The van der Waals surface area contributed by atoms with Crippen molar-refractivity contribution < 1.29 is 28.2 Å². The van der Waals surface area contributed by atoms with Gasteiger partial charge in [-0.1, -0.05) is 0 Å². The SMILES string of the molecule is CCc1ccc([SiH2][O][Cr](=[O])(=[O])[O][SiH2]c2ccc(CC)c(CC)c2CC)c(CC)c1CC. The molecule has 0 heterocycles. The van der Waals surface area contributed by atoms with Crippen LogP contribution in [0.3, 0.4) is 0 Å². The van der Waals surface area contributed by atoms with Crippen molar-refractivity contribution in [3.63, 3.8) is 0 Å². The van der Waals surface area contributed by atoms with Gasteiger partial charge in [-0.05, 0) is 0 Å². The summed E-state index contributed by atoms with van der Waals surface area (Å²) in [6, 6.07) is 8.41. The third kappa shape index (κ3) is 6.47. The summed E-state index contributed by atoms with van der Waals surface area (Å²) in [5.41, 5.74) is 7.96. The summed E-state index contributed by atoms with van der Waals surface area (Å²) < 4.78 is 36.3. The Labute approximate surface area is 195 Å². The van der Waals surface area contributed by atoms with Crippen molar-refractivity contribution in [2.45, 2.75) is 80.1 Å². The van der Waals surface area contributed by atoms with E-state index in [9.17, 15) is 7.61 Å². The van der Waals surface area contributed by atoms with Crippen LogP contribution in [0.2, 0.25) is 0 Å². The van der Waals surface area contributed by atoms with Crippen LogP contribution in [-0.2, 0) is 66.7 Å². The number of rotatable bonds is 12. The van der Waals surface area contributed by atoms with E-state index in [1.165, 1.54) is 33.4 Å². The molecule has 0 saturated carbocycles. The van der Waals surface area contributed by atoms with Gasteiger partial charge in [-0.3, -0.25) is 0 Å². The average Bonchev–Trinajstić information content (AvgIpc) is 2.79. The van der Waals surface area contributed by atoms with Crippen molar-refractivity contribution in [2.24, 2.45) is 0 Å². The summed E-state index contributed by atoms with van der Waals surface area (Å²) in [6.07, 6.45) is 5.71. The van der Waals surface area contributed by atoms with E-state index in [2.05, 4.69) is 65.8 Å². The summed E-state index contributed by atoms with van der Waals surface area (Å²) in [4.78, 5) is 0.